The molecule has 7 heavy (non-hydrogen) atoms. The average molecular weight is 148 g/mol. The Kier molecular flexibility index (Phi) is 4.16. The van der Waals surface area contributed by atoms with E-state index in [1.165, 1.54) is 0 Å². The molecule has 0 fully saturated rings. The van der Waals surface area contributed by atoms with Crippen molar-refractivity contribution in [1.29, 1.82) is 0 Å². The first-order valence-corrected chi connectivity index (χ1v) is 9.67. The molecular formula is C4H12SSi2. The van der Waals surface area contributed by atoms with E-state index in [4.69, 9.17) is 0 Å². The van der Waals surface area contributed by atoms with E-state index >= 15 is 0 Å². The van der Waals surface area contributed by atoms with Gasteiger partial charge in [-0.2, -0.15) is 0 Å². The molecule has 0 aromatic rings. The minimum absolute atomic E-state index is 0.0278. The fourth-order valence-electron chi connectivity index (χ4n) is 0.408. The van der Waals surface area contributed by atoms with Crippen LogP contribution < -0.4 is 0 Å². The van der Waals surface area contributed by atoms with Gasteiger partial charge in [0.15, 0.2) is 0 Å². The Morgan fingerprint density at radius 3 is 1.14 bits per heavy atom. The van der Waals surface area contributed by atoms with E-state index in [0.29, 0.717) is 0 Å². The van der Waals surface area contributed by atoms with Gasteiger partial charge in [0.2, 0.25) is 0 Å². The lowest BCUT2D eigenvalue weighted by atomic mass is 11.9. The summed E-state index contributed by atoms with van der Waals surface area (Å²) in [6, 6.07) is 0. The first-order valence-electron chi connectivity index (χ1n) is 2.41. The number of hydrogen-bond donors (Lipinski definition) is 0. The van der Waals surface area contributed by atoms with Crippen LogP contribution in [-0.4, -0.2) is 15.9 Å². The van der Waals surface area contributed by atoms with Gasteiger partial charge in [-0.05, 0) is 0 Å². The summed E-state index contributed by atoms with van der Waals surface area (Å²) in [5, 5.41) is 0. The molecule has 0 aliphatic heterocycles. The molecule has 0 atom stereocenters. The van der Waals surface area contributed by atoms with E-state index in [0.717, 1.165) is 0 Å². The Balaban J connectivity index is 2.95. The highest BCUT2D eigenvalue weighted by Gasteiger charge is 1.99. The van der Waals surface area contributed by atoms with Crippen molar-refractivity contribution in [2.24, 2.45) is 0 Å². The van der Waals surface area contributed by atoms with E-state index in [1.807, 2.05) is 0 Å². The van der Waals surface area contributed by atoms with E-state index in [9.17, 15) is 0 Å². The Morgan fingerprint density at radius 2 is 1.14 bits per heavy atom. The molecule has 2 radical (unpaired) electrons. The summed E-state index contributed by atoms with van der Waals surface area (Å²) >= 11 is 0. The van der Waals surface area contributed by atoms with Crippen molar-refractivity contribution in [3.8, 4) is 0 Å². The highest BCUT2D eigenvalue weighted by atomic mass is 32.5. The van der Waals surface area contributed by atoms with Crippen LogP contribution in [0.4, 0.5) is 0 Å². The Bertz CT molecular complexity index is 39.0. The molecule has 0 aromatic heterocycles. The molecule has 0 amide bonds. The smallest absolute Gasteiger partial charge is 0.107 e. The molecule has 0 rings (SSSR count). The molecule has 0 saturated carbocycles. The fraction of sp³-hybridized carbons (Fsp3) is 1.00. The van der Waals surface area contributed by atoms with Crippen molar-refractivity contribution >= 4 is 26.6 Å². The first kappa shape index (κ1) is 7.78. The van der Waals surface area contributed by atoms with Crippen LogP contribution >= 0.6 is 10.7 Å². The van der Waals surface area contributed by atoms with Crippen LogP contribution in [0.2, 0.25) is 26.2 Å². The highest BCUT2D eigenvalue weighted by molar-refractivity contribution is 8.45. The summed E-state index contributed by atoms with van der Waals surface area (Å²) in [6.45, 7) is 9.42. The van der Waals surface area contributed by atoms with Gasteiger partial charge in [-0.25, -0.2) is 10.7 Å². The standard InChI is InChI=1S/C4H12SSi2/c1-6(2)5-7(3)4/h1-4H3. The molecule has 0 aliphatic carbocycles. The Morgan fingerprint density at radius 1 is 0.857 bits per heavy atom. The first-order chi connectivity index (χ1) is 3.13. The third-order valence-corrected chi connectivity index (χ3v) is 11.0. The molecule has 0 saturated heterocycles. The normalized spacial score (nSPS) is 11.1. The summed E-state index contributed by atoms with van der Waals surface area (Å²) in [5.74, 6) is 0. The van der Waals surface area contributed by atoms with Crippen LogP contribution in [0.5, 0.6) is 0 Å². The van der Waals surface area contributed by atoms with Gasteiger partial charge < -0.3 is 0 Å². The summed E-state index contributed by atoms with van der Waals surface area (Å²) in [7, 11) is 2.27. The second-order valence-corrected chi connectivity index (χ2v) is 13.1. The fourth-order valence-corrected chi connectivity index (χ4v) is 11.0. The molecule has 0 spiro atoms. The lowest BCUT2D eigenvalue weighted by Crippen LogP contribution is -2.02. The molecule has 0 nitrogen and oxygen atoms in total. The van der Waals surface area contributed by atoms with Crippen LogP contribution in [0, 0.1) is 0 Å². The van der Waals surface area contributed by atoms with Crippen molar-refractivity contribution in [3.05, 3.63) is 0 Å². The Hall–Kier alpha value is 0.784. The molecule has 42 valence electrons. The van der Waals surface area contributed by atoms with Gasteiger partial charge in [-0.3, -0.25) is 0 Å². The van der Waals surface area contributed by atoms with E-state index in [-0.39, 0.29) is 15.9 Å². The monoisotopic (exact) mass is 148 g/mol. The molecule has 0 bridgehead atoms. The molecule has 0 aromatic carbocycles. The largest absolute Gasteiger partial charge is 0.210 e. The van der Waals surface area contributed by atoms with Crippen molar-refractivity contribution < 1.29 is 0 Å². The predicted octanol–water partition coefficient (Wildman–Crippen LogP) is 2.22. The molecule has 0 heterocycles. The lowest BCUT2D eigenvalue weighted by molar-refractivity contribution is 2.09. The number of hydrogen-bond acceptors (Lipinski definition) is 1. The van der Waals surface area contributed by atoms with Crippen LogP contribution in [0.15, 0.2) is 0 Å². The SMILES string of the molecule is C[Si](C)S[Si](C)C. The maximum Gasteiger partial charge on any atom is 0.107 e. The zero-order chi connectivity index (χ0) is 5.86. The second-order valence-electron chi connectivity index (χ2n) is 1.92. The lowest BCUT2D eigenvalue weighted by Gasteiger charge is -2.02. The quantitative estimate of drug-likeness (QED) is 0.541. The van der Waals surface area contributed by atoms with Crippen molar-refractivity contribution in [2.75, 3.05) is 0 Å². The predicted molar refractivity (Wildman–Crippen MR) is 42.6 cm³/mol. The molecule has 0 N–H and O–H groups in total. The van der Waals surface area contributed by atoms with E-state index in [2.05, 4.69) is 36.8 Å². The van der Waals surface area contributed by atoms with Gasteiger partial charge in [-0.15, -0.1) is 0 Å². The molecule has 0 unspecified atom stereocenters. The van der Waals surface area contributed by atoms with E-state index in [1.54, 1.807) is 0 Å². The van der Waals surface area contributed by atoms with Crippen LogP contribution in [-0.2, 0) is 0 Å². The summed E-state index contributed by atoms with van der Waals surface area (Å²) in [6.07, 6.45) is 0. The molecular weight excluding hydrogens is 136 g/mol. The molecule has 3 heteroatoms. The maximum absolute atomic E-state index is 2.35. The van der Waals surface area contributed by atoms with Crippen LogP contribution in [0.25, 0.3) is 0 Å². The summed E-state index contributed by atoms with van der Waals surface area (Å²) in [5.41, 5.74) is 0. The third kappa shape index (κ3) is 6.78. The zero-order valence-electron chi connectivity index (χ0n) is 5.41. The third-order valence-electron chi connectivity index (χ3n) is 0.408. The van der Waals surface area contributed by atoms with E-state index < -0.39 is 0 Å². The minimum atomic E-state index is 0.0278. The van der Waals surface area contributed by atoms with Crippen molar-refractivity contribution in [3.63, 3.8) is 0 Å². The van der Waals surface area contributed by atoms with Gasteiger partial charge in [0.25, 0.3) is 0 Å². The van der Waals surface area contributed by atoms with Crippen molar-refractivity contribution in [1.82, 2.24) is 0 Å². The van der Waals surface area contributed by atoms with Gasteiger partial charge >= 0.3 is 0 Å². The van der Waals surface area contributed by atoms with Crippen LogP contribution in [0.1, 0.15) is 0 Å². The van der Waals surface area contributed by atoms with Gasteiger partial charge in [-0.1, -0.05) is 26.2 Å². The van der Waals surface area contributed by atoms with Gasteiger partial charge in [0.05, 0.1) is 0 Å². The summed E-state index contributed by atoms with van der Waals surface area (Å²) in [4.78, 5) is 0. The van der Waals surface area contributed by atoms with Crippen LogP contribution in [0.3, 0.4) is 0 Å². The number of rotatable bonds is 2. The van der Waals surface area contributed by atoms with Gasteiger partial charge in [0.1, 0.15) is 15.9 Å². The average Bonchev–Trinajstić information content (AvgIpc) is 1.27. The summed E-state index contributed by atoms with van der Waals surface area (Å²) < 4.78 is 0. The van der Waals surface area contributed by atoms with Crippen molar-refractivity contribution in [2.45, 2.75) is 26.2 Å². The zero-order valence-corrected chi connectivity index (χ0v) is 8.22. The topological polar surface area (TPSA) is 0 Å². The minimum Gasteiger partial charge on any atom is -0.210 e. The molecule has 0 aliphatic rings. The maximum atomic E-state index is 2.35. The Labute approximate surface area is 53.2 Å². The highest BCUT2D eigenvalue weighted by Crippen LogP contribution is 2.09. The van der Waals surface area contributed by atoms with Gasteiger partial charge in [0, 0.05) is 0 Å². The second kappa shape index (κ2) is 3.75.